The number of ether oxygens (including phenoxy) is 1. The van der Waals surface area contributed by atoms with Crippen LogP contribution in [0.5, 0.6) is 5.75 Å². The van der Waals surface area contributed by atoms with E-state index >= 15 is 0 Å². The van der Waals surface area contributed by atoms with Crippen LogP contribution in [0.15, 0.2) is 24.3 Å². The van der Waals surface area contributed by atoms with Crippen molar-refractivity contribution in [3.8, 4) is 5.75 Å². The average molecular weight is 277 g/mol. The van der Waals surface area contributed by atoms with Crippen molar-refractivity contribution in [1.29, 1.82) is 0 Å². The maximum Gasteiger partial charge on any atom is 0.322 e. The number of carbonyl (C=O) groups excluding carboxylic acids is 1. The molecule has 1 saturated carbocycles. The lowest BCUT2D eigenvalue weighted by Crippen LogP contribution is -2.44. The fourth-order valence-electron chi connectivity index (χ4n) is 2.67. The number of nitrogens with zero attached hydrogens (tertiary/aromatic N) is 1. The van der Waals surface area contributed by atoms with E-state index in [9.17, 15) is 4.79 Å². The summed E-state index contributed by atoms with van der Waals surface area (Å²) in [6, 6.07) is 7.61. The molecule has 1 aliphatic carbocycles. The van der Waals surface area contributed by atoms with E-state index in [4.69, 9.17) is 10.5 Å². The standard InChI is InChI=1S/C15H23N3O2/c1-20-14-8-6-12(7-9-14)17-15(19)18(11-10-16)13-4-2-3-5-13/h6-9,13H,2-5,10-11,16H2,1H3,(H,17,19). The fraction of sp³-hybridized carbons (Fsp3) is 0.533. The molecule has 5 nitrogen and oxygen atoms in total. The third-order valence-corrected chi connectivity index (χ3v) is 3.74. The smallest absolute Gasteiger partial charge is 0.322 e. The van der Waals surface area contributed by atoms with Gasteiger partial charge in [-0.05, 0) is 37.1 Å². The topological polar surface area (TPSA) is 67.6 Å². The SMILES string of the molecule is COc1ccc(NC(=O)N(CCN)C2CCCC2)cc1. The van der Waals surface area contributed by atoms with E-state index < -0.39 is 0 Å². The molecule has 0 unspecified atom stereocenters. The van der Waals surface area contributed by atoms with Crippen molar-refractivity contribution in [3.05, 3.63) is 24.3 Å². The highest BCUT2D eigenvalue weighted by molar-refractivity contribution is 5.89. The Morgan fingerprint density at radius 3 is 2.55 bits per heavy atom. The van der Waals surface area contributed by atoms with Gasteiger partial charge in [0.1, 0.15) is 5.75 Å². The lowest BCUT2D eigenvalue weighted by molar-refractivity contribution is 0.190. The van der Waals surface area contributed by atoms with Crippen molar-refractivity contribution < 1.29 is 9.53 Å². The minimum atomic E-state index is -0.0625. The van der Waals surface area contributed by atoms with Crippen molar-refractivity contribution in [2.75, 3.05) is 25.5 Å². The number of methoxy groups -OCH3 is 1. The quantitative estimate of drug-likeness (QED) is 0.868. The van der Waals surface area contributed by atoms with Gasteiger partial charge in [0.05, 0.1) is 7.11 Å². The molecule has 1 aromatic carbocycles. The highest BCUT2D eigenvalue weighted by Gasteiger charge is 2.25. The summed E-state index contributed by atoms with van der Waals surface area (Å²) in [5, 5.41) is 2.93. The van der Waals surface area contributed by atoms with Crippen LogP contribution in [-0.4, -0.2) is 37.2 Å². The Morgan fingerprint density at radius 2 is 2.00 bits per heavy atom. The maximum absolute atomic E-state index is 12.4. The number of anilines is 1. The number of nitrogens with one attached hydrogen (secondary N) is 1. The molecular weight excluding hydrogens is 254 g/mol. The third kappa shape index (κ3) is 3.63. The Kier molecular flexibility index (Phi) is 5.24. The zero-order chi connectivity index (χ0) is 14.4. The van der Waals surface area contributed by atoms with Gasteiger partial charge >= 0.3 is 6.03 Å². The number of hydrogen-bond acceptors (Lipinski definition) is 3. The first-order valence-corrected chi connectivity index (χ1v) is 7.16. The van der Waals surface area contributed by atoms with Gasteiger partial charge in [-0.3, -0.25) is 0 Å². The molecular formula is C15H23N3O2. The largest absolute Gasteiger partial charge is 0.497 e. The first kappa shape index (κ1) is 14.7. The Labute approximate surface area is 120 Å². The van der Waals surface area contributed by atoms with Crippen LogP contribution in [0.4, 0.5) is 10.5 Å². The van der Waals surface area contributed by atoms with Crippen molar-refractivity contribution in [3.63, 3.8) is 0 Å². The number of rotatable bonds is 5. The number of amides is 2. The van der Waals surface area contributed by atoms with Crippen molar-refractivity contribution in [2.45, 2.75) is 31.7 Å². The normalized spacial score (nSPS) is 15.1. The van der Waals surface area contributed by atoms with Gasteiger partial charge in [0.15, 0.2) is 0 Å². The molecule has 0 radical (unpaired) electrons. The van der Waals surface area contributed by atoms with Gasteiger partial charge in [0.25, 0.3) is 0 Å². The summed E-state index contributed by atoms with van der Waals surface area (Å²) in [7, 11) is 1.62. The highest BCUT2D eigenvalue weighted by Crippen LogP contribution is 2.24. The summed E-state index contributed by atoms with van der Waals surface area (Å²) < 4.78 is 5.10. The Hall–Kier alpha value is -1.75. The second kappa shape index (κ2) is 7.14. The summed E-state index contributed by atoms with van der Waals surface area (Å²) in [6.45, 7) is 1.10. The number of benzene rings is 1. The van der Waals surface area contributed by atoms with Gasteiger partial charge in [-0.15, -0.1) is 0 Å². The minimum Gasteiger partial charge on any atom is -0.497 e. The predicted molar refractivity (Wildman–Crippen MR) is 80.0 cm³/mol. The zero-order valence-electron chi connectivity index (χ0n) is 12.0. The molecule has 0 heterocycles. The molecule has 110 valence electrons. The summed E-state index contributed by atoms with van der Waals surface area (Å²) in [4.78, 5) is 14.2. The molecule has 3 N–H and O–H groups in total. The van der Waals surface area contributed by atoms with E-state index in [-0.39, 0.29) is 6.03 Å². The van der Waals surface area contributed by atoms with Crippen LogP contribution in [0.3, 0.4) is 0 Å². The molecule has 0 atom stereocenters. The predicted octanol–water partition coefficient (Wildman–Crippen LogP) is 2.43. The Bertz CT molecular complexity index is 427. The molecule has 20 heavy (non-hydrogen) atoms. The molecule has 0 aromatic heterocycles. The van der Waals surface area contributed by atoms with E-state index in [2.05, 4.69) is 5.32 Å². The first-order valence-electron chi connectivity index (χ1n) is 7.16. The van der Waals surface area contributed by atoms with E-state index in [1.54, 1.807) is 7.11 Å². The van der Waals surface area contributed by atoms with Crippen LogP contribution >= 0.6 is 0 Å². The van der Waals surface area contributed by atoms with E-state index in [0.29, 0.717) is 19.1 Å². The molecule has 1 aliphatic rings. The number of nitrogens with two attached hydrogens (primary N) is 1. The number of carbonyl (C=O) groups is 1. The van der Waals surface area contributed by atoms with E-state index in [1.165, 1.54) is 12.8 Å². The molecule has 2 amide bonds. The lowest BCUT2D eigenvalue weighted by Gasteiger charge is -2.28. The van der Waals surface area contributed by atoms with Crippen LogP contribution in [-0.2, 0) is 0 Å². The fourth-order valence-corrected chi connectivity index (χ4v) is 2.67. The summed E-state index contributed by atoms with van der Waals surface area (Å²) in [6.07, 6.45) is 4.55. The van der Waals surface area contributed by atoms with E-state index in [0.717, 1.165) is 24.3 Å². The molecule has 0 aliphatic heterocycles. The lowest BCUT2D eigenvalue weighted by atomic mass is 10.2. The monoisotopic (exact) mass is 277 g/mol. The summed E-state index contributed by atoms with van der Waals surface area (Å²) >= 11 is 0. The molecule has 1 aromatic rings. The van der Waals surface area contributed by atoms with Gasteiger partial charge in [0.2, 0.25) is 0 Å². The van der Waals surface area contributed by atoms with Gasteiger partial charge in [0, 0.05) is 24.8 Å². The van der Waals surface area contributed by atoms with E-state index in [1.807, 2.05) is 29.2 Å². The summed E-state index contributed by atoms with van der Waals surface area (Å²) in [5.41, 5.74) is 6.40. The maximum atomic E-state index is 12.4. The molecule has 1 fully saturated rings. The van der Waals surface area contributed by atoms with Gasteiger partial charge in [-0.25, -0.2) is 4.79 Å². The van der Waals surface area contributed by atoms with Crippen molar-refractivity contribution in [1.82, 2.24) is 4.90 Å². The van der Waals surface area contributed by atoms with Crippen LogP contribution in [0.1, 0.15) is 25.7 Å². The molecule has 0 spiro atoms. The van der Waals surface area contributed by atoms with Crippen LogP contribution in [0.25, 0.3) is 0 Å². The summed E-state index contributed by atoms with van der Waals surface area (Å²) in [5.74, 6) is 0.776. The third-order valence-electron chi connectivity index (χ3n) is 3.74. The molecule has 2 rings (SSSR count). The van der Waals surface area contributed by atoms with Crippen LogP contribution < -0.4 is 15.8 Å². The molecule has 5 heteroatoms. The van der Waals surface area contributed by atoms with Crippen LogP contribution in [0, 0.1) is 0 Å². The zero-order valence-corrected chi connectivity index (χ0v) is 12.0. The van der Waals surface area contributed by atoms with Gasteiger partial charge in [-0.2, -0.15) is 0 Å². The average Bonchev–Trinajstić information content (AvgIpc) is 2.99. The van der Waals surface area contributed by atoms with Crippen molar-refractivity contribution >= 4 is 11.7 Å². The molecule has 0 bridgehead atoms. The van der Waals surface area contributed by atoms with Gasteiger partial charge in [-0.1, -0.05) is 12.8 Å². The Balaban J connectivity index is 1.99. The first-order chi connectivity index (χ1) is 9.74. The van der Waals surface area contributed by atoms with Crippen molar-refractivity contribution in [2.24, 2.45) is 5.73 Å². The second-order valence-corrected chi connectivity index (χ2v) is 5.08. The van der Waals surface area contributed by atoms with Crippen LogP contribution in [0.2, 0.25) is 0 Å². The minimum absolute atomic E-state index is 0.0625. The van der Waals surface area contributed by atoms with Gasteiger partial charge < -0.3 is 20.7 Å². The Morgan fingerprint density at radius 1 is 1.35 bits per heavy atom. The second-order valence-electron chi connectivity index (χ2n) is 5.08. The number of urea groups is 1. The highest BCUT2D eigenvalue weighted by atomic mass is 16.5. The number of hydrogen-bond donors (Lipinski definition) is 2. The molecule has 0 saturated heterocycles.